The van der Waals surface area contributed by atoms with Crippen molar-refractivity contribution < 1.29 is 4.79 Å². The summed E-state index contributed by atoms with van der Waals surface area (Å²) in [7, 11) is 0. The van der Waals surface area contributed by atoms with Gasteiger partial charge in [0.25, 0.3) is 0 Å². The number of hydrogen-bond donors (Lipinski definition) is 2. The molecule has 1 aliphatic rings. The minimum atomic E-state index is -0.220. The number of piperidine rings is 1. The second-order valence-corrected chi connectivity index (χ2v) is 5.93. The third kappa shape index (κ3) is 4.44. The highest BCUT2D eigenvalue weighted by atomic mass is 16.2. The van der Waals surface area contributed by atoms with Crippen molar-refractivity contribution in [3.05, 3.63) is 48.2 Å². The third-order valence-electron chi connectivity index (χ3n) is 4.22. The molecule has 1 saturated heterocycles. The molecule has 0 radical (unpaired) electrons. The first-order chi connectivity index (χ1) is 12.3. The van der Waals surface area contributed by atoms with Crippen molar-refractivity contribution in [1.29, 1.82) is 5.26 Å². The molecule has 1 aliphatic heterocycles. The molecule has 0 spiro atoms. The Hall–Kier alpha value is -3.14. The second kappa shape index (κ2) is 8.11. The van der Waals surface area contributed by atoms with E-state index >= 15 is 0 Å². The van der Waals surface area contributed by atoms with Gasteiger partial charge in [-0.05, 0) is 43.5 Å². The zero-order chi connectivity index (χ0) is 17.5. The molecule has 1 unspecified atom stereocenters. The Kier molecular flexibility index (Phi) is 5.42. The fraction of sp³-hybridized carbons (Fsp3) is 0.333. The number of nitriles is 1. The Labute approximate surface area is 146 Å². The molecule has 25 heavy (non-hydrogen) atoms. The lowest BCUT2D eigenvalue weighted by atomic mass is 10.0. The van der Waals surface area contributed by atoms with Crippen LogP contribution in [0.5, 0.6) is 0 Å². The summed E-state index contributed by atoms with van der Waals surface area (Å²) in [5, 5.41) is 22.6. The molecule has 1 aromatic carbocycles. The SMILES string of the molecule is N#Cc1ccc(N2CCCCC2CNC(=O)Nc2ccccc2)nn1. The van der Waals surface area contributed by atoms with E-state index in [1.165, 1.54) is 0 Å². The number of carbonyl (C=O) groups excluding carboxylic acids is 1. The summed E-state index contributed by atoms with van der Waals surface area (Å²) in [6.07, 6.45) is 3.18. The van der Waals surface area contributed by atoms with Crippen LogP contribution in [0.2, 0.25) is 0 Å². The maximum atomic E-state index is 12.1. The lowest BCUT2D eigenvalue weighted by Gasteiger charge is -2.36. The molecule has 2 N–H and O–H groups in total. The van der Waals surface area contributed by atoms with Crippen LogP contribution in [-0.4, -0.2) is 35.4 Å². The third-order valence-corrected chi connectivity index (χ3v) is 4.22. The fourth-order valence-corrected chi connectivity index (χ4v) is 2.96. The molecule has 2 heterocycles. The summed E-state index contributed by atoms with van der Waals surface area (Å²) in [6.45, 7) is 1.40. The first-order valence-corrected chi connectivity index (χ1v) is 8.36. The lowest BCUT2D eigenvalue weighted by molar-refractivity contribution is 0.250. The summed E-state index contributed by atoms with van der Waals surface area (Å²) in [5.41, 5.74) is 1.07. The number of urea groups is 1. The molecule has 3 rings (SSSR count). The van der Waals surface area contributed by atoms with Gasteiger partial charge < -0.3 is 15.5 Å². The van der Waals surface area contributed by atoms with E-state index in [-0.39, 0.29) is 12.1 Å². The number of amides is 2. The van der Waals surface area contributed by atoms with Gasteiger partial charge in [0.05, 0.1) is 0 Å². The molecule has 7 heteroatoms. The number of carbonyl (C=O) groups is 1. The number of benzene rings is 1. The van der Waals surface area contributed by atoms with Gasteiger partial charge in [-0.3, -0.25) is 0 Å². The number of nitrogens with one attached hydrogen (secondary N) is 2. The Balaban J connectivity index is 1.59. The number of aromatic nitrogens is 2. The van der Waals surface area contributed by atoms with E-state index in [0.29, 0.717) is 12.2 Å². The van der Waals surface area contributed by atoms with Gasteiger partial charge in [-0.1, -0.05) is 18.2 Å². The van der Waals surface area contributed by atoms with Crippen LogP contribution < -0.4 is 15.5 Å². The minimum Gasteiger partial charge on any atom is -0.350 e. The molecule has 2 aromatic rings. The Morgan fingerprint density at radius 3 is 2.76 bits per heavy atom. The predicted octanol–water partition coefficient (Wildman–Crippen LogP) is 2.53. The molecule has 2 amide bonds. The van der Waals surface area contributed by atoms with Crippen LogP contribution in [0.15, 0.2) is 42.5 Å². The van der Waals surface area contributed by atoms with Crippen LogP contribution in [0, 0.1) is 11.3 Å². The van der Waals surface area contributed by atoms with E-state index < -0.39 is 0 Å². The van der Waals surface area contributed by atoms with Gasteiger partial charge in [0.2, 0.25) is 0 Å². The largest absolute Gasteiger partial charge is 0.350 e. The Morgan fingerprint density at radius 1 is 1.20 bits per heavy atom. The van der Waals surface area contributed by atoms with Gasteiger partial charge in [0.1, 0.15) is 6.07 Å². The van der Waals surface area contributed by atoms with Crippen LogP contribution >= 0.6 is 0 Å². The van der Waals surface area contributed by atoms with Crippen LogP contribution in [0.3, 0.4) is 0 Å². The standard InChI is InChI=1S/C18H20N6O/c19-12-15-9-10-17(23-22-15)24-11-5-4-8-16(24)13-20-18(25)21-14-6-2-1-3-7-14/h1-3,6-7,9-10,16H,4-5,8,11,13H2,(H2,20,21,25). The highest BCUT2D eigenvalue weighted by Gasteiger charge is 2.24. The summed E-state index contributed by atoms with van der Waals surface area (Å²) >= 11 is 0. The average molecular weight is 336 g/mol. The van der Waals surface area contributed by atoms with E-state index in [1.54, 1.807) is 6.07 Å². The molecule has 0 aliphatic carbocycles. The minimum absolute atomic E-state index is 0.164. The molecule has 0 bridgehead atoms. The van der Waals surface area contributed by atoms with E-state index in [1.807, 2.05) is 42.5 Å². The predicted molar refractivity (Wildman–Crippen MR) is 95.2 cm³/mol. The first-order valence-electron chi connectivity index (χ1n) is 8.36. The molecular weight excluding hydrogens is 316 g/mol. The van der Waals surface area contributed by atoms with Crippen LogP contribution in [0.25, 0.3) is 0 Å². The van der Waals surface area contributed by atoms with E-state index in [0.717, 1.165) is 37.3 Å². The van der Waals surface area contributed by atoms with Crippen molar-refractivity contribution in [2.24, 2.45) is 0 Å². The monoisotopic (exact) mass is 336 g/mol. The van der Waals surface area contributed by atoms with Gasteiger partial charge in [-0.15, -0.1) is 10.2 Å². The van der Waals surface area contributed by atoms with Crippen LogP contribution in [-0.2, 0) is 0 Å². The van der Waals surface area contributed by atoms with Crippen molar-refractivity contribution in [2.75, 3.05) is 23.3 Å². The number of hydrogen-bond acceptors (Lipinski definition) is 5. The summed E-state index contributed by atoms with van der Waals surface area (Å²) in [6, 6.07) is 14.8. The number of nitrogens with zero attached hydrogens (tertiary/aromatic N) is 4. The van der Waals surface area contributed by atoms with Gasteiger partial charge in [-0.2, -0.15) is 5.26 Å². The van der Waals surface area contributed by atoms with E-state index in [4.69, 9.17) is 5.26 Å². The first kappa shape index (κ1) is 16.7. The molecule has 128 valence electrons. The fourth-order valence-electron chi connectivity index (χ4n) is 2.96. The molecule has 1 fully saturated rings. The maximum absolute atomic E-state index is 12.1. The second-order valence-electron chi connectivity index (χ2n) is 5.93. The van der Waals surface area contributed by atoms with Gasteiger partial charge >= 0.3 is 6.03 Å². The van der Waals surface area contributed by atoms with Crippen molar-refractivity contribution in [1.82, 2.24) is 15.5 Å². The molecule has 0 saturated carbocycles. The number of rotatable bonds is 4. The van der Waals surface area contributed by atoms with Gasteiger partial charge in [0, 0.05) is 24.8 Å². The number of anilines is 2. The van der Waals surface area contributed by atoms with Crippen molar-refractivity contribution in [3.8, 4) is 6.07 Å². The van der Waals surface area contributed by atoms with Gasteiger partial charge in [0.15, 0.2) is 11.5 Å². The summed E-state index contributed by atoms with van der Waals surface area (Å²) < 4.78 is 0. The number of para-hydroxylation sites is 1. The van der Waals surface area contributed by atoms with Crippen LogP contribution in [0.4, 0.5) is 16.3 Å². The van der Waals surface area contributed by atoms with E-state index in [2.05, 4.69) is 25.7 Å². The molecule has 1 atom stereocenters. The zero-order valence-electron chi connectivity index (χ0n) is 13.9. The highest BCUT2D eigenvalue weighted by Crippen LogP contribution is 2.22. The highest BCUT2D eigenvalue weighted by molar-refractivity contribution is 5.89. The zero-order valence-corrected chi connectivity index (χ0v) is 13.9. The van der Waals surface area contributed by atoms with Crippen molar-refractivity contribution >= 4 is 17.5 Å². The summed E-state index contributed by atoms with van der Waals surface area (Å²) in [5.74, 6) is 0.744. The topological polar surface area (TPSA) is 93.9 Å². The molecule has 7 nitrogen and oxygen atoms in total. The smallest absolute Gasteiger partial charge is 0.319 e. The van der Waals surface area contributed by atoms with Crippen molar-refractivity contribution in [2.45, 2.75) is 25.3 Å². The van der Waals surface area contributed by atoms with Crippen molar-refractivity contribution in [3.63, 3.8) is 0 Å². The van der Waals surface area contributed by atoms with Gasteiger partial charge in [-0.25, -0.2) is 4.79 Å². The van der Waals surface area contributed by atoms with E-state index in [9.17, 15) is 4.79 Å². The Bertz CT molecular complexity index is 740. The molecular formula is C18H20N6O. The average Bonchev–Trinajstić information content (AvgIpc) is 2.67. The Morgan fingerprint density at radius 2 is 2.04 bits per heavy atom. The van der Waals surface area contributed by atoms with Crippen LogP contribution in [0.1, 0.15) is 25.0 Å². The maximum Gasteiger partial charge on any atom is 0.319 e. The summed E-state index contributed by atoms with van der Waals surface area (Å²) in [4.78, 5) is 14.2. The molecule has 1 aromatic heterocycles. The normalized spacial score (nSPS) is 16.8. The lowest BCUT2D eigenvalue weighted by Crippen LogP contribution is -2.48. The quantitative estimate of drug-likeness (QED) is 0.895.